The Bertz CT molecular complexity index is 1180. The van der Waals surface area contributed by atoms with Crippen molar-refractivity contribution in [3.05, 3.63) is 86.5 Å². The van der Waals surface area contributed by atoms with Gasteiger partial charge in [0.25, 0.3) is 5.91 Å². The van der Waals surface area contributed by atoms with E-state index in [-0.39, 0.29) is 5.91 Å². The van der Waals surface area contributed by atoms with E-state index in [1.54, 1.807) is 0 Å². The molecule has 0 atom stereocenters. The Morgan fingerprint density at radius 1 is 1.13 bits per heavy atom. The van der Waals surface area contributed by atoms with Crippen LogP contribution < -0.4 is 5.32 Å². The number of para-hydroxylation sites is 1. The number of carbonyl (C=O) groups is 1. The largest absolute Gasteiger partial charge is 0.317 e. The molecule has 152 valence electrons. The molecule has 2 aromatic carbocycles. The van der Waals surface area contributed by atoms with Gasteiger partial charge < -0.3 is 9.88 Å². The van der Waals surface area contributed by atoms with E-state index in [2.05, 4.69) is 75.8 Å². The Hall–Kier alpha value is -2.57. The van der Waals surface area contributed by atoms with E-state index >= 15 is 0 Å². The fraction of sp³-hybridized carbons (Fsp3) is 0.167. The zero-order valence-electron chi connectivity index (χ0n) is 17.1. The van der Waals surface area contributed by atoms with Crippen LogP contribution in [0.3, 0.4) is 0 Å². The number of aromatic nitrogens is 1. The average Bonchev–Trinajstić information content (AvgIpc) is 3.21. The average molecular weight is 480 g/mol. The molecule has 1 saturated heterocycles. The van der Waals surface area contributed by atoms with Crippen molar-refractivity contribution in [3.63, 3.8) is 0 Å². The van der Waals surface area contributed by atoms with Crippen molar-refractivity contribution in [1.82, 2.24) is 9.88 Å². The normalized spacial score (nSPS) is 16.5. The maximum Gasteiger partial charge on any atom is 0.264 e. The van der Waals surface area contributed by atoms with Crippen LogP contribution in [0, 0.1) is 13.8 Å². The van der Waals surface area contributed by atoms with E-state index in [0.717, 1.165) is 39.2 Å². The predicted molar refractivity (Wildman–Crippen MR) is 130 cm³/mol. The molecule has 6 heteroatoms. The number of rotatable bonds is 4. The van der Waals surface area contributed by atoms with Gasteiger partial charge >= 0.3 is 0 Å². The van der Waals surface area contributed by atoms with Gasteiger partial charge in [-0.3, -0.25) is 4.79 Å². The molecule has 4 rings (SSSR count). The van der Waals surface area contributed by atoms with Gasteiger partial charge in [0, 0.05) is 15.9 Å². The van der Waals surface area contributed by atoms with E-state index in [4.69, 9.17) is 0 Å². The highest BCUT2D eigenvalue weighted by Gasteiger charge is 2.24. The number of aliphatic imine (C=N–C) groups is 1. The predicted octanol–water partition coefficient (Wildman–Crippen LogP) is 6.31. The fourth-order valence-corrected chi connectivity index (χ4v) is 4.78. The number of thioether (sulfide) groups is 1. The number of hydrogen-bond donors (Lipinski definition) is 1. The first-order valence-electron chi connectivity index (χ1n) is 9.78. The number of aryl methyl sites for hydroxylation is 2. The van der Waals surface area contributed by atoms with Gasteiger partial charge in [-0.1, -0.05) is 31.2 Å². The molecule has 0 spiro atoms. The van der Waals surface area contributed by atoms with Crippen LogP contribution in [-0.2, 0) is 11.2 Å². The summed E-state index contributed by atoms with van der Waals surface area (Å²) in [7, 11) is 0. The molecule has 0 unspecified atom stereocenters. The van der Waals surface area contributed by atoms with Crippen LogP contribution in [0.15, 0.2) is 69.0 Å². The Morgan fingerprint density at radius 3 is 2.57 bits per heavy atom. The second kappa shape index (κ2) is 8.66. The number of benzene rings is 2. The lowest BCUT2D eigenvalue weighted by Crippen LogP contribution is -2.19. The van der Waals surface area contributed by atoms with Crippen LogP contribution in [0.4, 0.5) is 5.69 Å². The van der Waals surface area contributed by atoms with E-state index in [0.29, 0.717) is 10.1 Å². The van der Waals surface area contributed by atoms with Crippen molar-refractivity contribution in [2.24, 2.45) is 4.99 Å². The minimum absolute atomic E-state index is 0.116. The van der Waals surface area contributed by atoms with Crippen LogP contribution in [-0.4, -0.2) is 15.6 Å². The van der Waals surface area contributed by atoms with E-state index in [1.807, 2.05) is 36.4 Å². The smallest absolute Gasteiger partial charge is 0.264 e. The number of amides is 1. The maximum atomic E-state index is 12.5. The molecule has 1 N–H and O–H groups in total. The molecular formula is C24H22BrN3OS. The van der Waals surface area contributed by atoms with Crippen molar-refractivity contribution < 1.29 is 4.79 Å². The summed E-state index contributed by atoms with van der Waals surface area (Å²) in [6, 6.07) is 18.3. The van der Waals surface area contributed by atoms with Crippen LogP contribution in [0.25, 0.3) is 11.8 Å². The number of halogens is 1. The Labute approximate surface area is 189 Å². The first kappa shape index (κ1) is 20.7. The molecular weight excluding hydrogens is 458 g/mol. The first-order chi connectivity index (χ1) is 14.5. The first-order valence-corrected chi connectivity index (χ1v) is 11.4. The molecule has 0 aliphatic carbocycles. The summed E-state index contributed by atoms with van der Waals surface area (Å²) in [5.74, 6) is -0.116. The second-order valence-electron chi connectivity index (χ2n) is 7.12. The van der Waals surface area contributed by atoms with Gasteiger partial charge in [0.15, 0.2) is 5.17 Å². The van der Waals surface area contributed by atoms with E-state index < -0.39 is 0 Å². The Balaban J connectivity index is 1.62. The van der Waals surface area contributed by atoms with Gasteiger partial charge in [0.2, 0.25) is 0 Å². The van der Waals surface area contributed by atoms with E-state index in [1.165, 1.54) is 17.3 Å². The zero-order chi connectivity index (χ0) is 21.3. The molecule has 1 fully saturated rings. The molecule has 1 aromatic heterocycles. The molecule has 2 heterocycles. The molecule has 0 saturated carbocycles. The van der Waals surface area contributed by atoms with Gasteiger partial charge in [0.05, 0.1) is 16.3 Å². The molecule has 1 aliphatic rings. The van der Waals surface area contributed by atoms with E-state index in [9.17, 15) is 4.79 Å². The van der Waals surface area contributed by atoms with Crippen molar-refractivity contribution in [2.45, 2.75) is 27.2 Å². The minimum Gasteiger partial charge on any atom is -0.317 e. The third kappa shape index (κ3) is 4.16. The third-order valence-corrected chi connectivity index (χ3v) is 6.66. The van der Waals surface area contributed by atoms with Gasteiger partial charge in [-0.05, 0) is 95.5 Å². The van der Waals surface area contributed by atoms with Crippen LogP contribution in [0.1, 0.15) is 29.4 Å². The lowest BCUT2D eigenvalue weighted by molar-refractivity contribution is -0.115. The number of hydrogen-bond acceptors (Lipinski definition) is 3. The monoisotopic (exact) mass is 479 g/mol. The van der Waals surface area contributed by atoms with Crippen molar-refractivity contribution in [3.8, 4) is 5.69 Å². The molecule has 0 radical (unpaired) electrons. The summed E-state index contributed by atoms with van der Waals surface area (Å²) in [5, 5.41) is 3.48. The third-order valence-electron chi connectivity index (χ3n) is 5.08. The van der Waals surface area contributed by atoms with Crippen LogP contribution in [0.2, 0.25) is 0 Å². The van der Waals surface area contributed by atoms with Crippen LogP contribution >= 0.6 is 27.7 Å². The highest BCUT2D eigenvalue weighted by molar-refractivity contribution is 9.10. The maximum absolute atomic E-state index is 12.5. The Kier molecular flexibility index (Phi) is 5.97. The van der Waals surface area contributed by atoms with Gasteiger partial charge in [0.1, 0.15) is 0 Å². The van der Waals surface area contributed by atoms with Gasteiger partial charge in [-0.15, -0.1) is 0 Å². The summed E-state index contributed by atoms with van der Waals surface area (Å²) in [5.41, 5.74) is 6.40. The standard InChI is InChI=1S/C24H22BrN3OS/c1-4-17-9-11-19(12-10-17)26-24-27-23(29)22(30-24)14-18-13-15(2)28(16(18)3)21-8-6-5-7-20(21)25/h5-14H,4H2,1-3H3,(H,26,27,29)/b22-14-. The Morgan fingerprint density at radius 2 is 1.87 bits per heavy atom. The van der Waals surface area contributed by atoms with Crippen molar-refractivity contribution in [1.29, 1.82) is 0 Å². The molecule has 4 nitrogen and oxygen atoms in total. The number of amidine groups is 1. The summed E-state index contributed by atoms with van der Waals surface area (Å²) < 4.78 is 3.22. The summed E-state index contributed by atoms with van der Waals surface area (Å²) in [6.45, 7) is 6.27. The van der Waals surface area contributed by atoms with Crippen molar-refractivity contribution >= 4 is 50.5 Å². The second-order valence-corrected chi connectivity index (χ2v) is 9.00. The minimum atomic E-state index is -0.116. The topological polar surface area (TPSA) is 46.4 Å². The van der Waals surface area contributed by atoms with Gasteiger partial charge in [-0.2, -0.15) is 0 Å². The summed E-state index contributed by atoms with van der Waals surface area (Å²) in [6.07, 6.45) is 2.94. The van der Waals surface area contributed by atoms with Gasteiger partial charge in [-0.25, -0.2) is 4.99 Å². The zero-order valence-corrected chi connectivity index (χ0v) is 19.5. The van der Waals surface area contributed by atoms with Crippen LogP contribution in [0.5, 0.6) is 0 Å². The lowest BCUT2D eigenvalue weighted by atomic mass is 10.2. The van der Waals surface area contributed by atoms with Crippen molar-refractivity contribution in [2.75, 3.05) is 0 Å². The number of nitrogens with zero attached hydrogens (tertiary/aromatic N) is 2. The lowest BCUT2D eigenvalue weighted by Gasteiger charge is -2.11. The highest BCUT2D eigenvalue weighted by Crippen LogP contribution is 2.32. The quantitative estimate of drug-likeness (QED) is 0.445. The molecule has 0 bridgehead atoms. The number of carbonyl (C=O) groups excluding carboxylic acids is 1. The summed E-state index contributed by atoms with van der Waals surface area (Å²) >= 11 is 5.01. The molecule has 1 aliphatic heterocycles. The molecule has 1 amide bonds. The summed E-state index contributed by atoms with van der Waals surface area (Å²) in [4.78, 5) is 17.7. The SMILES string of the molecule is CCc1ccc(N=C2NC(=O)/C(=C/c3cc(C)n(-c4ccccc4Br)c3C)S2)cc1. The fourth-order valence-electron chi connectivity index (χ4n) is 3.48. The highest BCUT2D eigenvalue weighted by atomic mass is 79.9. The molecule has 30 heavy (non-hydrogen) atoms. The molecule has 3 aromatic rings. The number of nitrogens with one attached hydrogen (secondary N) is 1.